The fourth-order valence-electron chi connectivity index (χ4n) is 5.31. The predicted molar refractivity (Wildman–Crippen MR) is 179 cm³/mol. The van der Waals surface area contributed by atoms with Crippen LogP contribution in [-0.4, -0.2) is 75.7 Å². The summed E-state index contributed by atoms with van der Waals surface area (Å²) in [6, 6.07) is 15.3. The second kappa shape index (κ2) is 21.7. The molecule has 0 saturated carbocycles. The van der Waals surface area contributed by atoms with Gasteiger partial charge in [-0.05, 0) is 43.5 Å². The molecule has 0 spiro atoms. The van der Waals surface area contributed by atoms with E-state index in [0.29, 0.717) is 55.8 Å². The standard InChI is InChI=1S/C37H57NO7/c1-4-7-10-15-22-37(45-29-36(39)38(23-16-8-5-2)24-17-9-6-3)30-43-34-20-13-11-18-32(34)41-27-25-40-26-28-42-33-19-12-14-21-35(33)44-31-37/h11-14,18-21H,4-10,15-17,22-31H2,1-3H3. The Hall–Kier alpha value is -2.97. The molecule has 45 heavy (non-hydrogen) atoms. The summed E-state index contributed by atoms with van der Waals surface area (Å²) in [5.74, 6) is 2.56. The number of ether oxygens (including phenoxy) is 6. The number of rotatable bonds is 16. The van der Waals surface area contributed by atoms with Crippen LogP contribution in [0.1, 0.15) is 91.4 Å². The van der Waals surface area contributed by atoms with Gasteiger partial charge in [0.25, 0.3) is 0 Å². The summed E-state index contributed by atoms with van der Waals surface area (Å²) in [5.41, 5.74) is -0.873. The number of unbranched alkanes of at least 4 members (excludes halogenated alkanes) is 7. The Morgan fingerprint density at radius 3 is 1.60 bits per heavy atom. The number of nitrogens with zero attached hydrogens (tertiary/aromatic N) is 1. The largest absolute Gasteiger partial charge is 0.487 e. The van der Waals surface area contributed by atoms with Crippen molar-refractivity contribution in [1.82, 2.24) is 4.90 Å². The van der Waals surface area contributed by atoms with Gasteiger partial charge in [0.05, 0.1) is 13.2 Å². The lowest BCUT2D eigenvalue weighted by Gasteiger charge is -2.35. The van der Waals surface area contributed by atoms with Crippen LogP contribution in [0.15, 0.2) is 48.5 Å². The van der Waals surface area contributed by atoms with Crippen LogP contribution in [0.3, 0.4) is 0 Å². The van der Waals surface area contributed by atoms with Crippen LogP contribution < -0.4 is 18.9 Å². The predicted octanol–water partition coefficient (Wildman–Crippen LogP) is 7.87. The van der Waals surface area contributed by atoms with Crippen molar-refractivity contribution in [3.8, 4) is 23.0 Å². The first-order valence-corrected chi connectivity index (χ1v) is 17.3. The van der Waals surface area contributed by atoms with E-state index in [2.05, 4.69) is 20.8 Å². The van der Waals surface area contributed by atoms with Gasteiger partial charge in [-0.25, -0.2) is 0 Å². The van der Waals surface area contributed by atoms with Crippen molar-refractivity contribution in [3.05, 3.63) is 48.5 Å². The van der Waals surface area contributed by atoms with Gasteiger partial charge in [0.1, 0.15) is 38.6 Å². The first kappa shape index (κ1) is 36.5. The lowest BCUT2D eigenvalue weighted by molar-refractivity contribution is -0.151. The van der Waals surface area contributed by atoms with Crippen molar-refractivity contribution in [2.24, 2.45) is 0 Å². The van der Waals surface area contributed by atoms with Crippen LogP contribution in [0.25, 0.3) is 0 Å². The smallest absolute Gasteiger partial charge is 0.248 e. The van der Waals surface area contributed by atoms with Gasteiger partial charge in [0.2, 0.25) is 5.91 Å². The van der Waals surface area contributed by atoms with Crippen molar-refractivity contribution in [1.29, 1.82) is 0 Å². The SMILES string of the molecule is CCCCCCC1(OCC(=O)N(CCCCC)CCCCC)COc2ccccc2OCCOCCOc2ccccc2OC1. The first-order valence-electron chi connectivity index (χ1n) is 17.3. The molecule has 2 aromatic rings. The van der Waals surface area contributed by atoms with E-state index in [1.165, 1.54) is 0 Å². The van der Waals surface area contributed by atoms with Gasteiger partial charge in [-0.3, -0.25) is 4.79 Å². The molecule has 0 aromatic heterocycles. The molecule has 0 unspecified atom stereocenters. The summed E-state index contributed by atoms with van der Waals surface area (Å²) < 4.78 is 37.4. The number of hydrogen-bond acceptors (Lipinski definition) is 7. The fraction of sp³-hybridized carbons (Fsp3) is 0.649. The van der Waals surface area contributed by atoms with Gasteiger partial charge in [0.15, 0.2) is 23.0 Å². The van der Waals surface area contributed by atoms with Crippen LogP contribution in [0.2, 0.25) is 0 Å². The molecule has 8 heteroatoms. The van der Waals surface area contributed by atoms with Gasteiger partial charge < -0.3 is 33.3 Å². The van der Waals surface area contributed by atoms with Gasteiger partial charge >= 0.3 is 0 Å². The van der Waals surface area contributed by atoms with Gasteiger partial charge in [0, 0.05) is 13.1 Å². The molecule has 0 atom stereocenters. The first-order chi connectivity index (χ1) is 22.1. The summed E-state index contributed by atoms with van der Waals surface area (Å²) in [7, 11) is 0. The van der Waals surface area contributed by atoms with E-state index in [0.717, 1.165) is 77.3 Å². The minimum absolute atomic E-state index is 0.0214. The molecule has 0 bridgehead atoms. The lowest BCUT2D eigenvalue weighted by atomic mass is 9.96. The maximum absolute atomic E-state index is 13.7. The molecule has 3 rings (SSSR count). The van der Waals surface area contributed by atoms with Gasteiger partial charge in [-0.2, -0.15) is 0 Å². The third kappa shape index (κ3) is 13.5. The Morgan fingerprint density at radius 1 is 0.644 bits per heavy atom. The highest BCUT2D eigenvalue weighted by Gasteiger charge is 2.35. The van der Waals surface area contributed by atoms with Crippen LogP contribution in [0.4, 0.5) is 0 Å². The van der Waals surface area contributed by atoms with Crippen LogP contribution in [-0.2, 0) is 14.3 Å². The molecular weight excluding hydrogens is 570 g/mol. The number of carbonyl (C=O) groups is 1. The highest BCUT2D eigenvalue weighted by Crippen LogP contribution is 2.32. The molecule has 1 aliphatic rings. The maximum atomic E-state index is 13.7. The second-order valence-electron chi connectivity index (χ2n) is 11.9. The highest BCUT2D eigenvalue weighted by atomic mass is 16.6. The van der Waals surface area contributed by atoms with Crippen molar-refractivity contribution in [3.63, 3.8) is 0 Å². The van der Waals surface area contributed by atoms with Crippen molar-refractivity contribution in [2.75, 3.05) is 59.3 Å². The molecule has 252 valence electrons. The minimum atomic E-state index is -0.873. The highest BCUT2D eigenvalue weighted by molar-refractivity contribution is 5.77. The third-order valence-electron chi connectivity index (χ3n) is 8.05. The molecule has 0 aliphatic carbocycles. The Bertz CT molecular complexity index is 1010. The monoisotopic (exact) mass is 627 g/mol. The van der Waals surface area contributed by atoms with Crippen molar-refractivity contribution in [2.45, 2.75) is 97.0 Å². The second-order valence-corrected chi connectivity index (χ2v) is 11.9. The number of carbonyl (C=O) groups excluding carboxylic acids is 1. The average Bonchev–Trinajstić information content (AvgIpc) is 3.06. The van der Waals surface area contributed by atoms with Crippen molar-refractivity contribution >= 4 is 5.91 Å². The van der Waals surface area contributed by atoms with E-state index in [4.69, 9.17) is 28.4 Å². The normalized spacial score (nSPS) is 15.4. The topological polar surface area (TPSA) is 75.7 Å². The van der Waals surface area contributed by atoms with E-state index >= 15 is 0 Å². The number of hydrogen-bond donors (Lipinski definition) is 0. The molecule has 0 radical (unpaired) electrons. The minimum Gasteiger partial charge on any atom is -0.487 e. The molecular formula is C37H57NO7. The van der Waals surface area contributed by atoms with Gasteiger partial charge in [-0.15, -0.1) is 0 Å². The molecule has 1 aliphatic heterocycles. The zero-order valence-corrected chi connectivity index (χ0v) is 28.1. The van der Waals surface area contributed by atoms with Crippen LogP contribution in [0.5, 0.6) is 23.0 Å². The van der Waals surface area contributed by atoms with Crippen LogP contribution >= 0.6 is 0 Å². The third-order valence-corrected chi connectivity index (χ3v) is 8.05. The lowest BCUT2D eigenvalue weighted by Crippen LogP contribution is -2.48. The molecule has 0 saturated heterocycles. The fourth-order valence-corrected chi connectivity index (χ4v) is 5.31. The quantitative estimate of drug-likeness (QED) is 0.175. The molecule has 8 nitrogen and oxygen atoms in total. The Kier molecular flexibility index (Phi) is 17.6. The molecule has 2 aromatic carbocycles. The number of fused-ring (bicyclic) bond motifs is 2. The van der Waals surface area contributed by atoms with E-state index in [1.807, 2.05) is 53.4 Å². The summed E-state index contributed by atoms with van der Waals surface area (Å²) in [5, 5.41) is 0. The number of para-hydroxylation sites is 4. The molecule has 1 amide bonds. The summed E-state index contributed by atoms with van der Waals surface area (Å²) in [6.45, 7) is 10.1. The number of benzene rings is 2. The summed E-state index contributed by atoms with van der Waals surface area (Å²) in [6.07, 6.45) is 11.4. The summed E-state index contributed by atoms with van der Waals surface area (Å²) in [4.78, 5) is 15.7. The Morgan fingerprint density at radius 2 is 1.11 bits per heavy atom. The number of amides is 1. The Balaban J connectivity index is 1.89. The van der Waals surface area contributed by atoms with E-state index < -0.39 is 5.60 Å². The van der Waals surface area contributed by atoms with E-state index in [9.17, 15) is 4.79 Å². The molecule has 0 N–H and O–H groups in total. The van der Waals surface area contributed by atoms with E-state index in [-0.39, 0.29) is 25.7 Å². The van der Waals surface area contributed by atoms with Gasteiger partial charge in [-0.1, -0.05) is 96.4 Å². The average molecular weight is 628 g/mol. The molecule has 0 fully saturated rings. The van der Waals surface area contributed by atoms with Crippen molar-refractivity contribution < 1.29 is 33.2 Å². The Labute approximate surface area is 271 Å². The zero-order chi connectivity index (χ0) is 32.0. The van der Waals surface area contributed by atoms with Crippen LogP contribution in [0, 0.1) is 0 Å². The van der Waals surface area contributed by atoms with E-state index in [1.54, 1.807) is 0 Å². The maximum Gasteiger partial charge on any atom is 0.248 e. The summed E-state index contributed by atoms with van der Waals surface area (Å²) >= 11 is 0. The zero-order valence-electron chi connectivity index (χ0n) is 28.1. The molecule has 1 heterocycles.